The Hall–Kier alpha value is -1.59. The maximum atomic E-state index is 12.4. The normalized spacial score (nSPS) is 11.0. The number of carbonyl (C=O) groups excluding carboxylic acids is 1. The molecule has 2 aromatic heterocycles. The smallest absolute Gasteiger partial charge is 0.268 e. The van der Waals surface area contributed by atoms with Gasteiger partial charge in [-0.05, 0) is 34.5 Å². The molecule has 21 heavy (non-hydrogen) atoms. The summed E-state index contributed by atoms with van der Waals surface area (Å²) in [5, 5.41) is 5.05. The molecule has 3 nitrogen and oxygen atoms in total. The maximum absolute atomic E-state index is 12.4. The van der Waals surface area contributed by atoms with E-state index in [0.717, 1.165) is 32.5 Å². The second-order valence-corrected chi connectivity index (χ2v) is 6.50. The van der Waals surface area contributed by atoms with Gasteiger partial charge in [-0.3, -0.25) is 4.79 Å². The zero-order valence-electron chi connectivity index (χ0n) is 11.6. The van der Waals surface area contributed by atoms with Crippen molar-refractivity contribution < 1.29 is 4.79 Å². The number of fused-ring (bicyclic) bond motifs is 1. The van der Waals surface area contributed by atoms with Crippen LogP contribution in [0.4, 0.5) is 0 Å². The Labute approximate surface area is 135 Å². The number of thiophene rings is 1. The number of halogens is 1. The second kappa shape index (κ2) is 6.03. The molecule has 0 saturated carbocycles. The Kier molecular flexibility index (Phi) is 4.12. The van der Waals surface area contributed by atoms with Crippen LogP contribution < -0.4 is 5.32 Å². The minimum Gasteiger partial charge on any atom is -0.347 e. The van der Waals surface area contributed by atoms with E-state index in [1.807, 2.05) is 36.4 Å². The van der Waals surface area contributed by atoms with Crippen LogP contribution in [0.5, 0.6) is 0 Å². The first-order valence-corrected chi connectivity index (χ1v) is 8.46. The van der Waals surface area contributed by atoms with E-state index in [1.165, 1.54) is 0 Å². The summed E-state index contributed by atoms with van der Waals surface area (Å²) < 4.78 is 4.23. The Balaban J connectivity index is 1.84. The number of aromatic nitrogens is 1. The van der Waals surface area contributed by atoms with Gasteiger partial charge in [0.25, 0.3) is 5.91 Å². The minimum atomic E-state index is -0.0315. The summed E-state index contributed by atoms with van der Waals surface area (Å²) in [5.74, 6) is -0.0315. The van der Waals surface area contributed by atoms with E-state index in [1.54, 1.807) is 11.3 Å². The SMILES string of the molecule is CCn1c(C(=O)NCc2ccccc2)cc2scc(Br)c21. The first-order valence-electron chi connectivity index (χ1n) is 6.79. The van der Waals surface area contributed by atoms with Crippen LogP contribution in [0.3, 0.4) is 0 Å². The third-order valence-electron chi connectivity index (χ3n) is 3.42. The average molecular weight is 363 g/mol. The first-order chi connectivity index (χ1) is 10.2. The van der Waals surface area contributed by atoms with Crippen molar-refractivity contribution in [1.29, 1.82) is 0 Å². The molecule has 5 heteroatoms. The fraction of sp³-hybridized carbons (Fsp3) is 0.188. The molecule has 0 saturated heterocycles. The summed E-state index contributed by atoms with van der Waals surface area (Å²) in [5.41, 5.74) is 2.92. The lowest BCUT2D eigenvalue weighted by Gasteiger charge is -2.09. The minimum absolute atomic E-state index is 0.0315. The van der Waals surface area contributed by atoms with E-state index in [-0.39, 0.29) is 5.91 Å². The van der Waals surface area contributed by atoms with Gasteiger partial charge in [0.05, 0.1) is 14.7 Å². The summed E-state index contributed by atoms with van der Waals surface area (Å²) in [7, 11) is 0. The van der Waals surface area contributed by atoms with E-state index < -0.39 is 0 Å². The van der Waals surface area contributed by atoms with Crippen molar-refractivity contribution >= 4 is 43.4 Å². The van der Waals surface area contributed by atoms with Crippen LogP contribution >= 0.6 is 27.3 Å². The van der Waals surface area contributed by atoms with Crippen molar-refractivity contribution in [3.8, 4) is 0 Å². The molecule has 3 rings (SSSR count). The standard InChI is InChI=1S/C16H15BrN2OS/c1-2-19-13(8-14-15(19)12(17)10-21-14)16(20)18-9-11-6-4-3-5-7-11/h3-8,10H,2,9H2,1H3,(H,18,20). The molecule has 2 heterocycles. The summed E-state index contributed by atoms with van der Waals surface area (Å²) in [4.78, 5) is 12.4. The lowest BCUT2D eigenvalue weighted by Crippen LogP contribution is -2.25. The van der Waals surface area contributed by atoms with Crippen LogP contribution in [-0.4, -0.2) is 10.5 Å². The van der Waals surface area contributed by atoms with Gasteiger partial charge in [-0.1, -0.05) is 30.3 Å². The number of rotatable bonds is 4. The molecule has 0 aliphatic rings. The van der Waals surface area contributed by atoms with Crippen LogP contribution in [0.15, 0.2) is 46.3 Å². The number of nitrogens with one attached hydrogen (secondary N) is 1. The predicted molar refractivity (Wildman–Crippen MR) is 90.8 cm³/mol. The predicted octanol–water partition coefficient (Wildman–Crippen LogP) is 4.42. The number of hydrogen-bond donors (Lipinski definition) is 1. The van der Waals surface area contributed by atoms with E-state index >= 15 is 0 Å². The molecule has 3 aromatic rings. The van der Waals surface area contributed by atoms with Gasteiger partial charge in [0.1, 0.15) is 5.69 Å². The lowest BCUT2D eigenvalue weighted by atomic mass is 10.2. The van der Waals surface area contributed by atoms with Crippen LogP contribution in [0.2, 0.25) is 0 Å². The molecular formula is C16H15BrN2OS. The van der Waals surface area contributed by atoms with E-state index in [4.69, 9.17) is 0 Å². The number of aryl methyl sites for hydroxylation is 1. The third-order valence-corrected chi connectivity index (χ3v) is 5.25. The molecule has 0 bridgehead atoms. The molecule has 0 unspecified atom stereocenters. The fourth-order valence-electron chi connectivity index (χ4n) is 2.42. The molecule has 0 spiro atoms. The lowest BCUT2D eigenvalue weighted by molar-refractivity contribution is 0.0942. The van der Waals surface area contributed by atoms with E-state index in [2.05, 4.69) is 38.1 Å². The van der Waals surface area contributed by atoms with Gasteiger partial charge in [-0.2, -0.15) is 0 Å². The second-order valence-electron chi connectivity index (χ2n) is 4.74. The molecule has 108 valence electrons. The van der Waals surface area contributed by atoms with Crippen LogP contribution in [0.1, 0.15) is 23.0 Å². The van der Waals surface area contributed by atoms with Crippen molar-refractivity contribution in [2.24, 2.45) is 0 Å². The topological polar surface area (TPSA) is 34.0 Å². The Morgan fingerprint density at radius 2 is 2.10 bits per heavy atom. The van der Waals surface area contributed by atoms with Gasteiger partial charge in [0.2, 0.25) is 0 Å². The Bertz CT molecular complexity index is 776. The molecule has 0 atom stereocenters. The van der Waals surface area contributed by atoms with Crippen molar-refractivity contribution in [2.75, 3.05) is 0 Å². The van der Waals surface area contributed by atoms with Crippen molar-refractivity contribution in [2.45, 2.75) is 20.0 Å². The summed E-state index contributed by atoms with van der Waals surface area (Å²) in [6.07, 6.45) is 0. The quantitative estimate of drug-likeness (QED) is 0.732. The van der Waals surface area contributed by atoms with Crippen LogP contribution in [0.25, 0.3) is 10.2 Å². The van der Waals surface area contributed by atoms with Gasteiger partial charge in [-0.25, -0.2) is 0 Å². The van der Waals surface area contributed by atoms with Gasteiger partial charge in [0, 0.05) is 18.5 Å². The Morgan fingerprint density at radius 1 is 1.33 bits per heavy atom. The van der Waals surface area contributed by atoms with Crippen LogP contribution in [0, 0.1) is 0 Å². The van der Waals surface area contributed by atoms with E-state index in [9.17, 15) is 4.79 Å². The summed E-state index contributed by atoms with van der Waals surface area (Å²) in [6.45, 7) is 3.37. The van der Waals surface area contributed by atoms with Gasteiger partial charge in [0.15, 0.2) is 0 Å². The van der Waals surface area contributed by atoms with Gasteiger partial charge >= 0.3 is 0 Å². The molecule has 1 N–H and O–H groups in total. The number of carbonyl (C=O) groups is 1. The van der Waals surface area contributed by atoms with Crippen molar-refractivity contribution in [3.05, 3.63) is 57.5 Å². The summed E-state index contributed by atoms with van der Waals surface area (Å²) in [6, 6.07) is 11.9. The molecule has 0 aliphatic heterocycles. The number of nitrogens with zero attached hydrogens (tertiary/aromatic N) is 1. The summed E-state index contributed by atoms with van der Waals surface area (Å²) >= 11 is 5.20. The van der Waals surface area contributed by atoms with Crippen molar-refractivity contribution in [1.82, 2.24) is 9.88 Å². The monoisotopic (exact) mass is 362 g/mol. The van der Waals surface area contributed by atoms with Gasteiger partial charge < -0.3 is 9.88 Å². The zero-order valence-corrected chi connectivity index (χ0v) is 14.0. The molecule has 1 aromatic carbocycles. The van der Waals surface area contributed by atoms with Gasteiger partial charge in [-0.15, -0.1) is 11.3 Å². The molecule has 1 amide bonds. The Morgan fingerprint density at radius 3 is 2.81 bits per heavy atom. The highest BCUT2D eigenvalue weighted by Crippen LogP contribution is 2.33. The highest BCUT2D eigenvalue weighted by Gasteiger charge is 2.17. The largest absolute Gasteiger partial charge is 0.347 e. The average Bonchev–Trinajstić information content (AvgIpc) is 3.06. The zero-order chi connectivity index (χ0) is 14.8. The van der Waals surface area contributed by atoms with Crippen molar-refractivity contribution in [3.63, 3.8) is 0 Å². The molecule has 0 radical (unpaired) electrons. The number of benzene rings is 1. The van der Waals surface area contributed by atoms with E-state index in [0.29, 0.717) is 6.54 Å². The highest BCUT2D eigenvalue weighted by atomic mass is 79.9. The molecular weight excluding hydrogens is 348 g/mol. The fourth-order valence-corrected chi connectivity index (χ4v) is 4.11. The third kappa shape index (κ3) is 2.76. The molecule has 0 aliphatic carbocycles. The number of hydrogen-bond acceptors (Lipinski definition) is 2. The molecule has 0 fully saturated rings. The maximum Gasteiger partial charge on any atom is 0.268 e. The van der Waals surface area contributed by atoms with Crippen LogP contribution in [-0.2, 0) is 13.1 Å². The number of amides is 1. The highest BCUT2D eigenvalue weighted by molar-refractivity contribution is 9.10. The first kappa shape index (κ1) is 14.4.